The smallest absolute Gasteiger partial charge is 0.308 e. The Morgan fingerprint density at radius 2 is 2.31 bits per heavy atom. The van der Waals surface area contributed by atoms with Crippen LogP contribution in [0.4, 0.5) is 5.69 Å². The lowest BCUT2D eigenvalue weighted by atomic mass is 10.1. The number of hydrogen-bond acceptors (Lipinski definition) is 4. The third-order valence-corrected chi connectivity index (χ3v) is 2.18. The number of aromatic nitrogens is 2. The predicted molar refractivity (Wildman–Crippen MR) is 54.1 cm³/mol. The van der Waals surface area contributed by atoms with Crippen molar-refractivity contribution in [2.24, 2.45) is 0 Å². The van der Waals surface area contributed by atoms with E-state index in [0.717, 1.165) is 0 Å². The van der Waals surface area contributed by atoms with E-state index in [1.807, 2.05) is 0 Å². The standard InChI is InChI=1S/C9H7N3O4/c13-9(14)2-5-1-6-4-10-11-7(6)3-8(5)12(15)16/h1,3-4H,2H2,(H,10,11)(H,13,14). The van der Waals surface area contributed by atoms with Gasteiger partial charge in [-0.2, -0.15) is 5.10 Å². The molecule has 7 nitrogen and oxygen atoms in total. The van der Waals surface area contributed by atoms with Gasteiger partial charge in [-0.15, -0.1) is 0 Å². The van der Waals surface area contributed by atoms with Gasteiger partial charge < -0.3 is 5.11 Å². The molecule has 0 spiro atoms. The normalized spacial score (nSPS) is 10.5. The summed E-state index contributed by atoms with van der Waals surface area (Å²) in [7, 11) is 0. The van der Waals surface area contributed by atoms with Gasteiger partial charge in [-0.05, 0) is 6.07 Å². The lowest BCUT2D eigenvalue weighted by Crippen LogP contribution is -2.03. The summed E-state index contributed by atoms with van der Waals surface area (Å²) in [5.41, 5.74) is 0.478. The maximum Gasteiger partial charge on any atom is 0.308 e. The number of aromatic amines is 1. The average molecular weight is 221 g/mol. The molecule has 0 aliphatic carbocycles. The average Bonchev–Trinajstić information content (AvgIpc) is 2.62. The van der Waals surface area contributed by atoms with E-state index in [1.165, 1.54) is 18.3 Å². The molecule has 1 aromatic carbocycles. The van der Waals surface area contributed by atoms with Gasteiger partial charge in [0, 0.05) is 17.0 Å². The van der Waals surface area contributed by atoms with Crippen LogP contribution < -0.4 is 0 Å². The van der Waals surface area contributed by atoms with Crippen molar-refractivity contribution in [2.75, 3.05) is 0 Å². The Bertz CT molecular complexity index is 575. The zero-order valence-corrected chi connectivity index (χ0v) is 8.01. The lowest BCUT2D eigenvalue weighted by Gasteiger charge is -2.00. The maximum atomic E-state index is 10.7. The van der Waals surface area contributed by atoms with Gasteiger partial charge in [-0.1, -0.05) is 0 Å². The summed E-state index contributed by atoms with van der Waals surface area (Å²) in [5, 5.41) is 26.4. The van der Waals surface area contributed by atoms with Crippen molar-refractivity contribution in [2.45, 2.75) is 6.42 Å². The van der Waals surface area contributed by atoms with Gasteiger partial charge in [0.1, 0.15) is 0 Å². The number of fused-ring (bicyclic) bond motifs is 1. The van der Waals surface area contributed by atoms with Crippen LogP contribution in [-0.4, -0.2) is 26.2 Å². The third-order valence-electron chi connectivity index (χ3n) is 2.18. The predicted octanol–water partition coefficient (Wildman–Crippen LogP) is 1.10. The number of nitro groups is 1. The van der Waals surface area contributed by atoms with E-state index in [-0.39, 0.29) is 17.7 Å². The van der Waals surface area contributed by atoms with Gasteiger partial charge in [0.15, 0.2) is 0 Å². The minimum Gasteiger partial charge on any atom is -0.481 e. The fraction of sp³-hybridized carbons (Fsp3) is 0.111. The number of hydrogen-bond donors (Lipinski definition) is 2. The molecule has 2 N–H and O–H groups in total. The van der Waals surface area contributed by atoms with Crippen LogP contribution in [0.2, 0.25) is 0 Å². The minimum absolute atomic E-state index is 0.173. The molecule has 0 saturated carbocycles. The summed E-state index contributed by atoms with van der Waals surface area (Å²) in [4.78, 5) is 20.7. The van der Waals surface area contributed by atoms with Crippen LogP contribution in [0, 0.1) is 10.1 Å². The summed E-state index contributed by atoms with van der Waals surface area (Å²) in [6, 6.07) is 2.76. The van der Waals surface area contributed by atoms with Crippen molar-refractivity contribution in [1.82, 2.24) is 10.2 Å². The van der Waals surface area contributed by atoms with Gasteiger partial charge in [0.2, 0.25) is 0 Å². The summed E-state index contributed by atoms with van der Waals surface area (Å²) in [6.45, 7) is 0. The van der Waals surface area contributed by atoms with E-state index < -0.39 is 10.9 Å². The number of carboxylic acids is 1. The molecule has 16 heavy (non-hydrogen) atoms. The highest BCUT2D eigenvalue weighted by Crippen LogP contribution is 2.24. The van der Waals surface area contributed by atoms with Crippen LogP contribution in [0.3, 0.4) is 0 Å². The number of nitro benzene ring substituents is 1. The molecule has 0 amide bonds. The van der Waals surface area contributed by atoms with Gasteiger partial charge in [-0.3, -0.25) is 20.0 Å². The van der Waals surface area contributed by atoms with E-state index >= 15 is 0 Å². The van der Waals surface area contributed by atoms with E-state index in [4.69, 9.17) is 5.11 Å². The Morgan fingerprint density at radius 1 is 1.56 bits per heavy atom. The minimum atomic E-state index is -1.11. The molecule has 0 saturated heterocycles. The van der Waals surface area contributed by atoms with E-state index in [0.29, 0.717) is 10.9 Å². The van der Waals surface area contributed by atoms with Gasteiger partial charge in [0.05, 0.1) is 23.1 Å². The first kappa shape index (κ1) is 10.1. The fourth-order valence-corrected chi connectivity index (χ4v) is 1.50. The van der Waals surface area contributed by atoms with Crippen molar-refractivity contribution in [3.05, 3.63) is 34.0 Å². The van der Waals surface area contributed by atoms with Gasteiger partial charge in [0.25, 0.3) is 5.69 Å². The van der Waals surface area contributed by atoms with Crippen molar-refractivity contribution < 1.29 is 14.8 Å². The molecule has 7 heteroatoms. The molecule has 0 unspecified atom stereocenters. The first-order valence-electron chi connectivity index (χ1n) is 4.40. The van der Waals surface area contributed by atoms with Crippen LogP contribution >= 0.6 is 0 Å². The third kappa shape index (κ3) is 1.70. The largest absolute Gasteiger partial charge is 0.481 e. The van der Waals surface area contributed by atoms with Crippen molar-refractivity contribution >= 4 is 22.6 Å². The maximum absolute atomic E-state index is 10.7. The Balaban J connectivity index is 2.62. The lowest BCUT2D eigenvalue weighted by molar-refractivity contribution is -0.385. The van der Waals surface area contributed by atoms with Crippen LogP contribution in [0.15, 0.2) is 18.3 Å². The number of benzene rings is 1. The van der Waals surface area contributed by atoms with Gasteiger partial charge in [-0.25, -0.2) is 0 Å². The number of rotatable bonds is 3. The summed E-state index contributed by atoms with van der Waals surface area (Å²) in [6.07, 6.45) is 1.11. The molecule has 0 radical (unpaired) electrons. The SMILES string of the molecule is O=C(O)Cc1cc2cn[nH]c2cc1[N+](=O)[O-]. The highest BCUT2D eigenvalue weighted by atomic mass is 16.6. The molecule has 0 aliphatic rings. The molecule has 0 fully saturated rings. The molecule has 0 aliphatic heterocycles. The Morgan fingerprint density at radius 3 is 2.94 bits per heavy atom. The first-order valence-corrected chi connectivity index (χ1v) is 4.40. The highest BCUT2D eigenvalue weighted by molar-refractivity contribution is 5.84. The number of carbonyl (C=O) groups is 1. The Hall–Kier alpha value is -2.44. The second kappa shape index (κ2) is 3.61. The van der Waals surface area contributed by atoms with Crippen molar-refractivity contribution in [1.29, 1.82) is 0 Å². The molecule has 2 rings (SSSR count). The van der Waals surface area contributed by atoms with E-state index in [2.05, 4.69) is 10.2 Å². The number of carboxylic acid groups (broad SMARTS) is 1. The second-order valence-corrected chi connectivity index (χ2v) is 3.27. The Labute approximate surface area is 88.8 Å². The molecule has 82 valence electrons. The molecule has 0 bridgehead atoms. The van der Waals surface area contributed by atoms with Crippen LogP contribution in [0.5, 0.6) is 0 Å². The molecule has 1 heterocycles. The summed E-state index contributed by atoms with van der Waals surface area (Å²) >= 11 is 0. The van der Waals surface area contributed by atoms with Crippen LogP contribution in [0.25, 0.3) is 10.9 Å². The number of nitrogens with zero attached hydrogens (tertiary/aromatic N) is 2. The van der Waals surface area contributed by atoms with E-state index in [1.54, 1.807) is 0 Å². The Kier molecular flexibility index (Phi) is 2.28. The topological polar surface area (TPSA) is 109 Å². The summed E-state index contributed by atoms with van der Waals surface area (Å²) < 4.78 is 0. The van der Waals surface area contributed by atoms with Crippen LogP contribution in [0.1, 0.15) is 5.56 Å². The van der Waals surface area contributed by atoms with Crippen LogP contribution in [-0.2, 0) is 11.2 Å². The first-order chi connectivity index (χ1) is 7.58. The zero-order chi connectivity index (χ0) is 11.7. The number of aliphatic carboxylic acids is 1. The highest BCUT2D eigenvalue weighted by Gasteiger charge is 2.17. The second-order valence-electron chi connectivity index (χ2n) is 3.27. The van der Waals surface area contributed by atoms with Crippen molar-refractivity contribution in [3.8, 4) is 0 Å². The summed E-state index contributed by atoms with van der Waals surface area (Å²) in [5.74, 6) is -1.11. The molecule has 1 aromatic heterocycles. The molecular weight excluding hydrogens is 214 g/mol. The van der Waals surface area contributed by atoms with E-state index in [9.17, 15) is 14.9 Å². The monoisotopic (exact) mass is 221 g/mol. The van der Waals surface area contributed by atoms with Gasteiger partial charge >= 0.3 is 5.97 Å². The number of nitrogens with one attached hydrogen (secondary N) is 1. The fourth-order valence-electron chi connectivity index (χ4n) is 1.50. The number of H-pyrrole nitrogens is 1. The quantitative estimate of drug-likeness (QED) is 0.595. The molecule has 2 aromatic rings. The van der Waals surface area contributed by atoms with Crippen molar-refractivity contribution in [3.63, 3.8) is 0 Å². The molecule has 0 atom stereocenters. The zero-order valence-electron chi connectivity index (χ0n) is 8.01. The molecular formula is C9H7N3O4.